The molecule has 0 aromatic rings. The maximum absolute atomic E-state index is 5.46. The van der Waals surface area contributed by atoms with Crippen LogP contribution in [0.2, 0.25) is 0 Å². The second-order valence-corrected chi connectivity index (χ2v) is 3.92. The summed E-state index contributed by atoms with van der Waals surface area (Å²) in [5, 5.41) is 0. The van der Waals surface area contributed by atoms with Gasteiger partial charge in [0.2, 0.25) is 5.79 Å². The van der Waals surface area contributed by atoms with Crippen molar-refractivity contribution in [3.8, 4) is 12.3 Å². The Morgan fingerprint density at radius 2 is 2.27 bits per heavy atom. The number of ether oxygens (including phenoxy) is 3. The van der Waals surface area contributed by atoms with Crippen LogP contribution in [0.3, 0.4) is 0 Å². The van der Waals surface area contributed by atoms with E-state index in [1.54, 1.807) is 6.26 Å². The number of hydrogen-bond donors (Lipinski definition) is 0. The summed E-state index contributed by atoms with van der Waals surface area (Å²) >= 11 is 0. The minimum Gasteiger partial charge on any atom is -0.457 e. The predicted molar refractivity (Wildman–Crippen MR) is 57.8 cm³/mol. The molecule has 3 heteroatoms. The fourth-order valence-electron chi connectivity index (χ4n) is 1.24. The predicted octanol–water partition coefficient (Wildman–Crippen LogP) is 2.43. The molecule has 1 heterocycles. The third-order valence-corrected chi connectivity index (χ3v) is 1.96. The van der Waals surface area contributed by atoms with Gasteiger partial charge >= 0.3 is 0 Å². The number of rotatable bonds is 6. The molecule has 15 heavy (non-hydrogen) atoms. The van der Waals surface area contributed by atoms with Crippen LogP contribution in [0.5, 0.6) is 0 Å². The van der Waals surface area contributed by atoms with Gasteiger partial charge in [-0.05, 0) is 12.8 Å². The first-order valence-electron chi connectivity index (χ1n) is 5.21. The van der Waals surface area contributed by atoms with Crippen molar-refractivity contribution in [2.75, 3.05) is 13.2 Å². The van der Waals surface area contributed by atoms with Crippen LogP contribution in [0.4, 0.5) is 0 Å². The van der Waals surface area contributed by atoms with Crippen molar-refractivity contribution in [2.45, 2.75) is 38.9 Å². The zero-order chi connectivity index (χ0) is 11.1. The third-order valence-electron chi connectivity index (χ3n) is 1.96. The monoisotopic (exact) mass is 210 g/mol. The van der Waals surface area contributed by atoms with E-state index in [1.807, 2.05) is 13.8 Å². The summed E-state index contributed by atoms with van der Waals surface area (Å²) < 4.78 is 16.1. The Morgan fingerprint density at radius 1 is 1.47 bits per heavy atom. The minimum atomic E-state index is -0.540. The summed E-state index contributed by atoms with van der Waals surface area (Å²) in [6.07, 6.45) is 9.57. The van der Waals surface area contributed by atoms with Crippen LogP contribution in [-0.2, 0) is 14.2 Å². The Hall–Kier alpha value is -1.14. The molecule has 84 valence electrons. The lowest BCUT2D eigenvalue weighted by molar-refractivity contribution is -0.121. The zero-order valence-corrected chi connectivity index (χ0v) is 9.41. The highest BCUT2D eigenvalue weighted by atomic mass is 16.7. The molecule has 0 unspecified atom stereocenters. The molecule has 0 aromatic heterocycles. The quantitative estimate of drug-likeness (QED) is 0.498. The van der Waals surface area contributed by atoms with E-state index in [1.165, 1.54) is 0 Å². The van der Waals surface area contributed by atoms with Crippen LogP contribution in [0, 0.1) is 12.3 Å². The second-order valence-electron chi connectivity index (χ2n) is 3.92. The number of hydrogen-bond acceptors (Lipinski definition) is 3. The van der Waals surface area contributed by atoms with E-state index in [0.717, 1.165) is 25.0 Å². The average Bonchev–Trinajstić information content (AvgIpc) is 2.52. The second kappa shape index (κ2) is 5.67. The molecule has 0 spiro atoms. The van der Waals surface area contributed by atoms with Crippen molar-refractivity contribution >= 4 is 0 Å². The van der Waals surface area contributed by atoms with E-state index >= 15 is 0 Å². The molecule has 0 amide bonds. The maximum atomic E-state index is 5.46. The number of unbranched alkanes of at least 4 members (excludes halogenated alkanes) is 2. The van der Waals surface area contributed by atoms with E-state index < -0.39 is 5.79 Å². The smallest absolute Gasteiger partial charge is 0.244 e. The Balaban J connectivity index is 2.00. The van der Waals surface area contributed by atoms with Crippen molar-refractivity contribution < 1.29 is 14.2 Å². The third kappa shape index (κ3) is 4.75. The van der Waals surface area contributed by atoms with E-state index in [0.29, 0.717) is 13.2 Å². The number of terminal acetylenes is 1. The molecule has 0 bridgehead atoms. The lowest BCUT2D eigenvalue weighted by atomic mass is 10.2. The van der Waals surface area contributed by atoms with E-state index in [4.69, 9.17) is 20.6 Å². The molecule has 1 rings (SSSR count). The molecule has 1 aliphatic rings. The molecule has 1 aliphatic heterocycles. The lowest BCUT2D eigenvalue weighted by Gasteiger charge is -2.18. The maximum Gasteiger partial charge on any atom is 0.244 e. The van der Waals surface area contributed by atoms with Crippen LogP contribution in [-0.4, -0.2) is 19.0 Å². The molecular formula is C12H18O3. The van der Waals surface area contributed by atoms with Gasteiger partial charge in [-0.15, -0.1) is 12.3 Å². The first kappa shape index (κ1) is 11.9. The molecule has 0 saturated carbocycles. The van der Waals surface area contributed by atoms with Crippen LogP contribution in [0.25, 0.3) is 0 Å². The zero-order valence-electron chi connectivity index (χ0n) is 9.41. The normalized spacial score (nSPS) is 17.5. The molecule has 0 aromatic carbocycles. The largest absolute Gasteiger partial charge is 0.457 e. The van der Waals surface area contributed by atoms with Crippen molar-refractivity contribution in [1.82, 2.24) is 0 Å². The summed E-state index contributed by atoms with van der Waals surface area (Å²) in [5.41, 5.74) is 0. The average molecular weight is 210 g/mol. The van der Waals surface area contributed by atoms with E-state index in [9.17, 15) is 0 Å². The van der Waals surface area contributed by atoms with Gasteiger partial charge in [0.05, 0.1) is 0 Å². The molecule has 0 aliphatic carbocycles. The van der Waals surface area contributed by atoms with Crippen LogP contribution >= 0.6 is 0 Å². The summed E-state index contributed by atoms with van der Waals surface area (Å²) in [6, 6.07) is 0. The van der Waals surface area contributed by atoms with Gasteiger partial charge in [-0.1, -0.05) is 0 Å². The highest BCUT2D eigenvalue weighted by Gasteiger charge is 2.27. The summed E-state index contributed by atoms with van der Waals surface area (Å²) in [4.78, 5) is 0. The summed E-state index contributed by atoms with van der Waals surface area (Å²) in [6.45, 7) is 4.91. The highest BCUT2D eigenvalue weighted by Crippen LogP contribution is 2.24. The van der Waals surface area contributed by atoms with Gasteiger partial charge in [0, 0.05) is 26.9 Å². The molecule has 0 N–H and O–H groups in total. The van der Waals surface area contributed by atoms with Crippen molar-refractivity contribution in [3.63, 3.8) is 0 Å². The minimum absolute atomic E-state index is 0.472. The fourth-order valence-corrected chi connectivity index (χ4v) is 1.24. The molecular weight excluding hydrogens is 192 g/mol. The van der Waals surface area contributed by atoms with Gasteiger partial charge < -0.3 is 14.2 Å². The van der Waals surface area contributed by atoms with Gasteiger partial charge in [0.15, 0.2) is 5.76 Å². The van der Waals surface area contributed by atoms with Crippen LogP contribution < -0.4 is 0 Å². The van der Waals surface area contributed by atoms with Gasteiger partial charge in [-0.25, -0.2) is 0 Å². The topological polar surface area (TPSA) is 27.7 Å². The van der Waals surface area contributed by atoms with Gasteiger partial charge in [0.25, 0.3) is 0 Å². The van der Waals surface area contributed by atoms with Gasteiger partial charge in [-0.2, -0.15) is 0 Å². The van der Waals surface area contributed by atoms with E-state index in [2.05, 4.69) is 5.92 Å². The Labute approximate surface area is 91.4 Å². The van der Waals surface area contributed by atoms with Crippen LogP contribution in [0.15, 0.2) is 12.0 Å². The van der Waals surface area contributed by atoms with E-state index in [-0.39, 0.29) is 0 Å². The molecule has 3 nitrogen and oxygen atoms in total. The lowest BCUT2D eigenvalue weighted by Crippen LogP contribution is -2.20. The van der Waals surface area contributed by atoms with Crippen LogP contribution in [0.1, 0.15) is 33.1 Å². The molecule has 0 saturated heterocycles. The van der Waals surface area contributed by atoms with Gasteiger partial charge in [-0.3, -0.25) is 0 Å². The molecule has 0 atom stereocenters. The first-order valence-corrected chi connectivity index (χ1v) is 5.21. The Kier molecular flexibility index (Phi) is 4.51. The van der Waals surface area contributed by atoms with Gasteiger partial charge in [0.1, 0.15) is 12.9 Å². The fraction of sp³-hybridized carbons (Fsp3) is 0.667. The summed E-state index contributed by atoms with van der Waals surface area (Å²) in [5.74, 6) is 2.81. The first-order chi connectivity index (χ1) is 7.14. The molecule has 0 radical (unpaired) electrons. The van der Waals surface area contributed by atoms with Crippen molar-refractivity contribution in [1.29, 1.82) is 0 Å². The summed E-state index contributed by atoms with van der Waals surface area (Å²) in [7, 11) is 0. The Bertz CT molecular complexity index is 261. The van der Waals surface area contributed by atoms with Crippen molar-refractivity contribution in [3.05, 3.63) is 12.0 Å². The Morgan fingerprint density at radius 3 is 2.87 bits per heavy atom. The highest BCUT2D eigenvalue weighted by molar-refractivity contribution is 4.95. The SMILES string of the molecule is C#CCCCCOCC1=COC(C)(C)O1. The standard InChI is InChI=1S/C12H18O3/c1-4-5-6-7-8-13-9-11-10-14-12(2,3)15-11/h1,10H,5-9H2,2-3H3. The molecule has 0 fully saturated rings. The van der Waals surface area contributed by atoms with Crippen molar-refractivity contribution in [2.24, 2.45) is 0 Å².